The normalized spacial score (nSPS) is 11.6. The van der Waals surface area contributed by atoms with Crippen LogP contribution in [0, 0.1) is 13.8 Å². The van der Waals surface area contributed by atoms with Gasteiger partial charge in [0.2, 0.25) is 0 Å². The Labute approximate surface area is 136 Å². The molecule has 2 aromatic rings. The van der Waals surface area contributed by atoms with Gasteiger partial charge in [0.15, 0.2) is 5.69 Å². The van der Waals surface area contributed by atoms with Crippen molar-refractivity contribution in [1.29, 1.82) is 0 Å². The first-order chi connectivity index (χ1) is 11.1. The van der Waals surface area contributed by atoms with E-state index in [0.29, 0.717) is 17.9 Å². The predicted octanol–water partition coefficient (Wildman–Crippen LogP) is 2.93. The van der Waals surface area contributed by atoms with Gasteiger partial charge in [-0.3, -0.25) is 10.00 Å². The molecule has 10 heteroatoms. The Hall–Kier alpha value is -2.52. The van der Waals surface area contributed by atoms with E-state index in [1.807, 2.05) is 6.92 Å². The number of rotatable bonds is 4. The zero-order chi connectivity index (χ0) is 18.1. The Morgan fingerprint density at radius 3 is 2.54 bits per heavy atom. The Morgan fingerprint density at radius 2 is 2.00 bits per heavy atom. The van der Waals surface area contributed by atoms with E-state index in [-0.39, 0.29) is 17.9 Å². The number of amides is 2. The molecule has 0 spiro atoms. The summed E-state index contributed by atoms with van der Waals surface area (Å²) in [5.74, 6) is 0.640. The monoisotopic (exact) mass is 345 g/mol. The quantitative estimate of drug-likeness (QED) is 0.892. The number of hydrogen-bond donors (Lipinski definition) is 2. The molecular formula is C14H18F3N5O2. The van der Waals surface area contributed by atoms with E-state index in [1.54, 1.807) is 6.92 Å². The number of carbonyl (C=O) groups excluding carboxylic acids is 1. The second-order valence-corrected chi connectivity index (χ2v) is 5.27. The van der Waals surface area contributed by atoms with Crippen molar-refractivity contribution in [2.75, 3.05) is 5.32 Å². The highest BCUT2D eigenvalue weighted by Crippen LogP contribution is 2.33. The molecule has 2 rings (SSSR count). The maximum atomic E-state index is 12.8. The van der Waals surface area contributed by atoms with Crippen LogP contribution in [-0.4, -0.2) is 21.0 Å². The van der Waals surface area contributed by atoms with Gasteiger partial charge in [-0.25, -0.2) is 4.79 Å². The molecule has 0 aliphatic heterocycles. The summed E-state index contributed by atoms with van der Waals surface area (Å²) in [6, 6.07) is -0.641. The van der Waals surface area contributed by atoms with Gasteiger partial charge in [0, 0.05) is 31.1 Å². The van der Waals surface area contributed by atoms with Gasteiger partial charge in [-0.05, 0) is 13.8 Å². The third-order valence-corrected chi connectivity index (χ3v) is 3.60. The molecule has 0 saturated carbocycles. The number of carbonyl (C=O) groups is 1. The summed E-state index contributed by atoms with van der Waals surface area (Å²) < 4.78 is 44.6. The van der Waals surface area contributed by atoms with Gasteiger partial charge < -0.3 is 9.84 Å². The molecule has 0 saturated heterocycles. The summed E-state index contributed by atoms with van der Waals surface area (Å²) >= 11 is 0. The molecule has 0 radical (unpaired) electrons. The molecule has 0 aliphatic rings. The van der Waals surface area contributed by atoms with Crippen molar-refractivity contribution in [3.63, 3.8) is 0 Å². The number of alkyl halides is 3. The van der Waals surface area contributed by atoms with Crippen molar-refractivity contribution < 1.29 is 22.5 Å². The lowest BCUT2D eigenvalue weighted by Gasteiger charge is -2.09. The van der Waals surface area contributed by atoms with Gasteiger partial charge in [0.1, 0.15) is 11.6 Å². The first-order valence-corrected chi connectivity index (χ1v) is 7.24. The minimum Gasteiger partial charge on any atom is -0.361 e. The number of aromatic nitrogens is 3. The molecule has 2 heterocycles. The van der Waals surface area contributed by atoms with Crippen LogP contribution in [0.15, 0.2) is 4.52 Å². The molecule has 0 bridgehead atoms. The van der Waals surface area contributed by atoms with Crippen molar-refractivity contribution >= 4 is 11.8 Å². The maximum absolute atomic E-state index is 12.8. The van der Waals surface area contributed by atoms with Gasteiger partial charge in [0.25, 0.3) is 0 Å². The van der Waals surface area contributed by atoms with Crippen LogP contribution in [0.3, 0.4) is 0 Å². The molecule has 24 heavy (non-hydrogen) atoms. The van der Waals surface area contributed by atoms with Gasteiger partial charge in [-0.1, -0.05) is 12.1 Å². The third-order valence-electron chi connectivity index (χ3n) is 3.60. The molecule has 0 unspecified atom stereocenters. The number of urea groups is 1. The number of nitrogens with one attached hydrogen (secondary N) is 2. The predicted molar refractivity (Wildman–Crippen MR) is 79.4 cm³/mol. The van der Waals surface area contributed by atoms with Crippen LogP contribution in [0.5, 0.6) is 0 Å². The smallest absolute Gasteiger partial charge is 0.361 e. The first-order valence-electron chi connectivity index (χ1n) is 7.24. The molecule has 0 atom stereocenters. The maximum Gasteiger partial charge on any atom is 0.435 e. The highest BCUT2D eigenvalue weighted by Gasteiger charge is 2.37. The second kappa shape index (κ2) is 6.54. The van der Waals surface area contributed by atoms with Crippen LogP contribution < -0.4 is 10.6 Å². The topological polar surface area (TPSA) is 85.0 Å². The number of nitrogens with zero attached hydrogens (tertiary/aromatic N) is 3. The van der Waals surface area contributed by atoms with Crippen molar-refractivity contribution in [3.05, 3.63) is 28.3 Å². The first kappa shape index (κ1) is 17.8. The summed E-state index contributed by atoms with van der Waals surface area (Å²) in [6.07, 6.45) is -3.96. The molecule has 7 nitrogen and oxygen atoms in total. The Kier molecular flexibility index (Phi) is 4.86. The molecule has 0 aromatic carbocycles. The minimum atomic E-state index is -4.58. The largest absolute Gasteiger partial charge is 0.435 e. The van der Waals surface area contributed by atoms with Gasteiger partial charge >= 0.3 is 12.2 Å². The lowest BCUT2D eigenvalue weighted by atomic mass is 10.1. The molecule has 132 valence electrons. The van der Waals surface area contributed by atoms with E-state index in [4.69, 9.17) is 4.52 Å². The van der Waals surface area contributed by atoms with Crippen LogP contribution in [0.1, 0.15) is 35.2 Å². The van der Waals surface area contributed by atoms with Crippen molar-refractivity contribution in [2.24, 2.45) is 7.05 Å². The summed E-state index contributed by atoms with van der Waals surface area (Å²) in [4.78, 5) is 12.0. The molecule has 2 amide bonds. The molecule has 0 fully saturated rings. The summed E-state index contributed by atoms with van der Waals surface area (Å²) in [5, 5.41) is 12.2. The summed E-state index contributed by atoms with van der Waals surface area (Å²) in [5.41, 5.74) is 0.243. The summed E-state index contributed by atoms with van der Waals surface area (Å²) in [7, 11) is 1.33. The Morgan fingerprint density at radius 1 is 1.33 bits per heavy atom. The number of aryl methyl sites for hydroxylation is 3. The number of hydrogen-bond acceptors (Lipinski definition) is 4. The second-order valence-electron chi connectivity index (χ2n) is 5.27. The van der Waals surface area contributed by atoms with Gasteiger partial charge in [0.05, 0.1) is 5.69 Å². The lowest BCUT2D eigenvalue weighted by Crippen LogP contribution is -2.29. The number of halogens is 3. The van der Waals surface area contributed by atoms with E-state index < -0.39 is 17.9 Å². The number of anilines is 1. The Bertz CT molecular complexity index is 748. The van der Waals surface area contributed by atoms with E-state index in [1.165, 1.54) is 14.0 Å². The fraction of sp³-hybridized carbons (Fsp3) is 0.500. The lowest BCUT2D eigenvalue weighted by molar-refractivity contribution is -0.141. The van der Waals surface area contributed by atoms with Gasteiger partial charge in [-0.15, -0.1) is 0 Å². The fourth-order valence-corrected chi connectivity index (χ4v) is 2.33. The van der Waals surface area contributed by atoms with Crippen molar-refractivity contribution in [1.82, 2.24) is 20.3 Å². The van der Waals surface area contributed by atoms with E-state index >= 15 is 0 Å². The fourth-order valence-electron chi connectivity index (χ4n) is 2.33. The Balaban J connectivity index is 2.08. The van der Waals surface area contributed by atoms with Crippen LogP contribution in [0.25, 0.3) is 0 Å². The molecule has 2 N–H and O–H groups in total. The molecule has 0 aliphatic carbocycles. The van der Waals surface area contributed by atoms with Crippen LogP contribution >= 0.6 is 0 Å². The van der Waals surface area contributed by atoms with Crippen LogP contribution in [0.4, 0.5) is 23.8 Å². The van der Waals surface area contributed by atoms with Crippen LogP contribution in [0.2, 0.25) is 0 Å². The highest BCUT2D eigenvalue weighted by atomic mass is 19.4. The highest BCUT2D eigenvalue weighted by molar-refractivity contribution is 5.89. The van der Waals surface area contributed by atoms with E-state index in [0.717, 1.165) is 10.2 Å². The standard InChI is InChI=1S/C14H18F3N5O2/c1-5-10-9(8(3)21-24-10)6-18-13(23)19-12-7(2)11(14(15,16)17)20-22(12)4/h5-6H2,1-4H3,(H2,18,19,23). The zero-order valence-corrected chi connectivity index (χ0v) is 13.7. The van der Waals surface area contributed by atoms with E-state index in [2.05, 4.69) is 20.9 Å². The van der Waals surface area contributed by atoms with Crippen molar-refractivity contribution in [2.45, 2.75) is 39.9 Å². The zero-order valence-electron chi connectivity index (χ0n) is 13.7. The molecular weight excluding hydrogens is 327 g/mol. The van der Waals surface area contributed by atoms with Gasteiger partial charge in [-0.2, -0.15) is 18.3 Å². The van der Waals surface area contributed by atoms with Crippen molar-refractivity contribution in [3.8, 4) is 0 Å². The SMILES string of the molecule is CCc1onc(C)c1CNC(=O)Nc1c(C)c(C(F)(F)F)nn1C. The molecule has 2 aromatic heterocycles. The average molecular weight is 345 g/mol. The summed E-state index contributed by atoms with van der Waals surface area (Å²) in [6.45, 7) is 5.05. The third kappa shape index (κ3) is 3.52. The average Bonchev–Trinajstić information content (AvgIpc) is 2.99. The minimum absolute atomic E-state index is 0.0161. The van der Waals surface area contributed by atoms with E-state index in [9.17, 15) is 18.0 Å². The van der Waals surface area contributed by atoms with Crippen LogP contribution in [-0.2, 0) is 26.2 Å².